The van der Waals surface area contributed by atoms with Crippen LogP contribution in [0, 0.1) is 0 Å². The summed E-state index contributed by atoms with van der Waals surface area (Å²) in [4.78, 5) is 4.27. The zero-order valence-electron chi connectivity index (χ0n) is 8.55. The third-order valence-corrected chi connectivity index (χ3v) is 2.35. The average Bonchev–Trinajstić information content (AvgIpc) is 2.28. The SMILES string of the molecule is COCC(O)c1cccc2cccnc12. The van der Waals surface area contributed by atoms with Crippen LogP contribution in [0.5, 0.6) is 0 Å². The highest BCUT2D eigenvalue weighted by molar-refractivity contribution is 5.81. The lowest BCUT2D eigenvalue weighted by atomic mass is 10.1. The van der Waals surface area contributed by atoms with Crippen LogP contribution in [-0.4, -0.2) is 23.8 Å². The molecule has 1 heterocycles. The van der Waals surface area contributed by atoms with E-state index in [1.807, 2.05) is 30.3 Å². The summed E-state index contributed by atoms with van der Waals surface area (Å²) in [6.45, 7) is 0.287. The van der Waals surface area contributed by atoms with Crippen molar-refractivity contribution in [1.82, 2.24) is 4.98 Å². The van der Waals surface area contributed by atoms with Gasteiger partial charge in [-0.25, -0.2) is 0 Å². The van der Waals surface area contributed by atoms with E-state index < -0.39 is 6.10 Å². The number of pyridine rings is 1. The Hall–Kier alpha value is -1.45. The van der Waals surface area contributed by atoms with Gasteiger partial charge in [0.15, 0.2) is 0 Å². The smallest absolute Gasteiger partial charge is 0.104 e. The van der Waals surface area contributed by atoms with Crippen molar-refractivity contribution in [3.8, 4) is 0 Å². The van der Waals surface area contributed by atoms with Crippen molar-refractivity contribution in [2.45, 2.75) is 6.10 Å². The van der Waals surface area contributed by atoms with Crippen LogP contribution in [0.3, 0.4) is 0 Å². The minimum absolute atomic E-state index is 0.287. The van der Waals surface area contributed by atoms with Crippen molar-refractivity contribution >= 4 is 10.9 Å². The van der Waals surface area contributed by atoms with Gasteiger partial charge < -0.3 is 9.84 Å². The highest BCUT2D eigenvalue weighted by Crippen LogP contribution is 2.22. The number of methoxy groups -OCH3 is 1. The lowest BCUT2D eigenvalue weighted by Crippen LogP contribution is -2.06. The number of nitrogens with zero attached hydrogens (tertiary/aromatic N) is 1. The molecule has 0 aliphatic carbocycles. The molecule has 1 unspecified atom stereocenters. The third-order valence-electron chi connectivity index (χ3n) is 2.35. The zero-order valence-corrected chi connectivity index (χ0v) is 8.55. The molecule has 0 saturated carbocycles. The minimum Gasteiger partial charge on any atom is -0.386 e. The first-order valence-electron chi connectivity index (χ1n) is 4.83. The number of aromatic nitrogens is 1. The molecular weight excluding hydrogens is 190 g/mol. The molecule has 1 aromatic carbocycles. The Morgan fingerprint density at radius 2 is 2.13 bits per heavy atom. The summed E-state index contributed by atoms with van der Waals surface area (Å²) in [6, 6.07) is 9.63. The number of fused-ring (bicyclic) bond motifs is 1. The van der Waals surface area contributed by atoms with E-state index in [1.54, 1.807) is 13.3 Å². The molecule has 15 heavy (non-hydrogen) atoms. The summed E-state index contributed by atoms with van der Waals surface area (Å²) < 4.78 is 4.93. The molecule has 0 amide bonds. The van der Waals surface area contributed by atoms with Crippen LogP contribution in [0.2, 0.25) is 0 Å². The lowest BCUT2D eigenvalue weighted by Gasteiger charge is -2.11. The van der Waals surface area contributed by atoms with Crippen LogP contribution in [0.1, 0.15) is 11.7 Å². The predicted octanol–water partition coefficient (Wildman–Crippen LogP) is 1.91. The van der Waals surface area contributed by atoms with E-state index >= 15 is 0 Å². The van der Waals surface area contributed by atoms with Crippen molar-refractivity contribution in [1.29, 1.82) is 0 Å². The number of benzene rings is 1. The van der Waals surface area contributed by atoms with Gasteiger partial charge in [0, 0.05) is 24.3 Å². The van der Waals surface area contributed by atoms with Gasteiger partial charge in [-0.15, -0.1) is 0 Å². The van der Waals surface area contributed by atoms with Gasteiger partial charge in [-0.3, -0.25) is 4.98 Å². The Morgan fingerprint density at radius 3 is 2.93 bits per heavy atom. The summed E-state index contributed by atoms with van der Waals surface area (Å²) in [5, 5.41) is 10.9. The number of rotatable bonds is 3. The van der Waals surface area contributed by atoms with E-state index in [2.05, 4.69) is 4.98 Å². The van der Waals surface area contributed by atoms with Gasteiger partial charge in [0.05, 0.1) is 12.1 Å². The van der Waals surface area contributed by atoms with Crippen LogP contribution >= 0.6 is 0 Å². The molecule has 0 saturated heterocycles. The van der Waals surface area contributed by atoms with Crippen LogP contribution in [0.25, 0.3) is 10.9 Å². The molecule has 0 aliphatic rings. The van der Waals surface area contributed by atoms with E-state index in [4.69, 9.17) is 4.74 Å². The second-order valence-electron chi connectivity index (χ2n) is 3.39. The van der Waals surface area contributed by atoms with Gasteiger partial charge in [0.2, 0.25) is 0 Å². The normalized spacial score (nSPS) is 12.9. The van der Waals surface area contributed by atoms with Crippen LogP contribution in [0.4, 0.5) is 0 Å². The molecule has 1 atom stereocenters. The molecule has 3 nitrogen and oxygen atoms in total. The Labute approximate surface area is 88.3 Å². The monoisotopic (exact) mass is 203 g/mol. The number of hydrogen-bond donors (Lipinski definition) is 1. The van der Waals surface area contributed by atoms with E-state index in [9.17, 15) is 5.11 Å². The minimum atomic E-state index is -0.617. The summed E-state index contributed by atoms with van der Waals surface area (Å²) in [6.07, 6.45) is 1.11. The Morgan fingerprint density at radius 1 is 1.33 bits per heavy atom. The standard InChI is InChI=1S/C12H13NO2/c1-15-8-11(14)10-6-2-4-9-5-3-7-13-12(9)10/h2-7,11,14H,8H2,1H3. The number of hydrogen-bond acceptors (Lipinski definition) is 3. The van der Waals surface area contributed by atoms with Crippen LogP contribution in [-0.2, 0) is 4.74 Å². The number of aliphatic hydroxyl groups is 1. The van der Waals surface area contributed by atoms with E-state index in [-0.39, 0.29) is 6.61 Å². The number of para-hydroxylation sites is 1. The molecule has 0 spiro atoms. The maximum Gasteiger partial charge on any atom is 0.104 e. The van der Waals surface area contributed by atoms with Crippen LogP contribution in [0.15, 0.2) is 36.5 Å². The topological polar surface area (TPSA) is 42.4 Å². The lowest BCUT2D eigenvalue weighted by molar-refractivity contribution is 0.0652. The fourth-order valence-electron chi connectivity index (χ4n) is 1.64. The molecule has 1 N–H and O–H groups in total. The van der Waals surface area contributed by atoms with Crippen molar-refractivity contribution in [2.24, 2.45) is 0 Å². The van der Waals surface area contributed by atoms with Crippen LogP contribution < -0.4 is 0 Å². The molecule has 78 valence electrons. The van der Waals surface area contributed by atoms with Gasteiger partial charge in [-0.05, 0) is 6.07 Å². The predicted molar refractivity (Wildman–Crippen MR) is 58.6 cm³/mol. The quantitative estimate of drug-likeness (QED) is 0.828. The van der Waals surface area contributed by atoms with Gasteiger partial charge in [-0.2, -0.15) is 0 Å². The molecule has 0 bridgehead atoms. The largest absolute Gasteiger partial charge is 0.386 e. The van der Waals surface area contributed by atoms with Gasteiger partial charge in [0.25, 0.3) is 0 Å². The first-order valence-corrected chi connectivity index (χ1v) is 4.83. The van der Waals surface area contributed by atoms with Crippen molar-refractivity contribution < 1.29 is 9.84 Å². The highest BCUT2D eigenvalue weighted by Gasteiger charge is 2.10. The molecule has 2 aromatic rings. The Bertz CT molecular complexity index is 451. The van der Waals surface area contributed by atoms with Crippen molar-refractivity contribution in [2.75, 3.05) is 13.7 Å². The second-order valence-corrected chi connectivity index (χ2v) is 3.39. The van der Waals surface area contributed by atoms with Crippen molar-refractivity contribution in [3.63, 3.8) is 0 Å². The molecule has 0 fully saturated rings. The number of aliphatic hydroxyl groups excluding tert-OH is 1. The molecule has 2 rings (SSSR count). The van der Waals surface area contributed by atoms with E-state index in [1.165, 1.54) is 0 Å². The Kier molecular flexibility index (Phi) is 2.94. The highest BCUT2D eigenvalue weighted by atomic mass is 16.5. The van der Waals surface area contributed by atoms with Gasteiger partial charge in [-0.1, -0.05) is 24.3 Å². The van der Waals surface area contributed by atoms with Gasteiger partial charge >= 0.3 is 0 Å². The maximum absolute atomic E-state index is 9.85. The first kappa shape index (κ1) is 10.1. The van der Waals surface area contributed by atoms with Gasteiger partial charge in [0.1, 0.15) is 6.10 Å². The summed E-state index contributed by atoms with van der Waals surface area (Å²) >= 11 is 0. The Balaban J connectivity index is 2.50. The summed E-state index contributed by atoms with van der Waals surface area (Å²) in [5.74, 6) is 0. The summed E-state index contributed by atoms with van der Waals surface area (Å²) in [7, 11) is 1.57. The molecule has 1 aromatic heterocycles. The van der Waals surface area contributed by atoms with E-state index in [0.29, 0.717) is 0 Å². The fraction of sp³-hybridized carbons (Fsp3) is 0.250. The molecule has 3 heteroatoms. The zero-order chi connectivity index (χ0) is 10.7. The number of ether oxygens (including phenoxy) is 1. The summed E-state index contributed by atoms with van der Waals surface area (Å²) in [5.41, 5.74) is 1.65. The van der Waals surface area contributed by atoms with E-state index in [0.717, 1.165) is 16.5 Å². The molecule has 0 aliphatic heterocycles. The first-order chi connectivity index (χ1) is 7.33. The molecule has 0 radical (unpaired) electrons. The second kappa shape index (κ2) is 4.38. The average molecular weight is 203 g/mol. The van der Waals surface area contributed by atoms with Crippen molar-refractivity contribution in [3.05, 3.63) is 42.1 Å². The molecular formula is C12H13NO2. The maximum atomic E-state index is 9.85. The third kappa shape index (κ3) is 1.98. The fourth-order valence-corrected chi connectivity index (χ4v) is 1.64.